The molecule has 0 spiro atoms. The molecule has 1 aliphatic rings. The van der Waals surface area contributed by atoms with Gasteiger partial charge in [0.2, 0.25) is 5.91 Å². The summed E-state index contributed by atoms with van der Waals surface area (Å²) in [6, 6.07) is 8.22. The van der Waals surface area contributed by atoms with Gasteiger partial charge in [0, 0.05) is 57.1 Å². The quantitative estimate of drug-likeness (QED) is 0.794. The third kappa shape index (κ3) is 5.21. The van der Waals surface area contributed by atoms with Gasteiger partial charge < -0.3 is 15.0 Å². The smallest absolute Gasteiger partial charge is 0.227 e. The molecule has 1 amide bonds. The minimum absolute atomic E-state index is 0.102. The maximum Gasteiger partial charge on any atom is 0.227 e. The van der Waals surface area contributed by atoms with Crippen LogP contribution >= 0.6 is 0 Å². The van der Waals surface area contributed by atoms with Crippen molar-refractivity contribution in [2.45, 2.75) is 26.7 Å². The lowest BCUT2D eigenvalue weighted by molar-refractivity contribution is -0.120. The van der Waals surface area contributed by atoms with Crippen molar-refractivity contribution in [3.8, 4) is 0 Å². The Morgan fingerprint density at radius 2 is 1.75 bits per heavy atom. The number of carbonyl (C=O) groups is 1. The lowest BCUT2D eigenvalue weighted by atomic mass is 10.0. The van der Waals surface area contributed by atoms with Crippen LogP contribution in [-0.4, -0.2) is 57.2 Å². The highest BCUT2D eigenvalue weighted by Crippen LogP contribution is 2.20. The van der Waals surface area contributed by atoms with E-state index in [9.17, 15) is 4.79 Å². The van der Waals surface area contributed by atoms with Crippen LogP contribution in [0.3, 0.4) is 0 Å². The van der Waals surface area contributed by atoms with Crippen molar-refractivity contribution in [3.63, 3.8) is 0 Å². The predicted molar refractivity (Wildman–Crippen MR) is 99.7 cm³/mol. The van der Waals surface area contributed by atoms with Gasteiger partial charge in [-0.3, -0.25) is 9.69 Å². The third-order valence-corrected chi connectivity index (χ3v) is 4.84. The van der Waals surface area contributed by atoms with E-state index in [1.165, 1.54) is 5.69 Å². The highest BCUT2D eigenvalue weighted by Gasteiger charge is 2.17. The number of hydrogen-bond acceptors (Lipinski definition) is 4. The average Bonchev–Trinajstić information content (AvgIpc) is 2.62. The second-order valence-corrected chi connectivity index (χ2v) is 6.37. The first-order chi connectivity index (χ1) is 11.7. The molecule has 1 aromatic carbocycles. The zero-order valence-electron chi connectivity index (χ0n) is 15.3. The molecular weight excluding hydrogens is 302 g/mol. The Morgan fingerprint density at radius 3 is 2.29 bits per heavy atom. The Bertz CT molecular complexity index is 492. The fourth-order valence-electron chi connectivity index (χ4n) is 3.11. The number of amides is 1. The van der Waals surface area contributed by atoms with Crippen LogP contribution in [-0.2, 0) is 9.53 Å². The molecule has 5 nitrogen and oxygen atoms in total. The second-order valence-electron chi connectivity index (χ2n) is 6.37. The molecule has 0 radical (unpaired) electrons. The highest BCUT2D eigenvalue weighted by molar-refractivity contribution is 5.92. The number of nitrogens with one attached hydrogen (secondary N) is 1. The van der Waals surface area contributed by atoms with Crippen molar-refractivity contribution in [2.24, 2.45) is 5.92 Å². The molecule has 134 valence electrons. The number of benzene rings is 1. The zero-order chi connectivity index (χ0) is 17.4. The minimum atomic E-state index is 0.102. The van der Waals surface area contributed by atoms with Crippen LogP contribution in [0, 0.1) is 5.92 Å². The summed E-state index contributed by atoms with van der Waals surface area (Å²) >= 11 is 0. The van der Waals surface area contributed by atoms with Gasteiger partial charge in [-0.15, -0.1) is 0 Å². The van der Waals surface area contributed by atoms with Crippen molar-refractivity contribution in [1.82, 2.24) is 4.90 Å². The largest absolute Gasteiger partial charge is 0.383 e. The van der Waals surface area contributed by atoms with Gasteiger partial charge in [0.1, 0.15) is 0 Å². The summed E-state index contributed by atoms with van der Waals surface area (Å²) in [5, 5.41) is 3.02. The first-order valence-electron chi connectivity index (χ1n) is 9.05. The van der Waals surface area contributed by atoms with E-state index < -0.39 is 0 Å². The summed E-state index contributed by atoms with van der Waals surface area (Å²) < 4.78 is 5.14. The van der Waals surface area contributed by atoms with Gasteiger partial charge in [-0.1, -0.05) is 13.8 Å². The number of nitrogens with zero attached hydrogens (tertiary/aromatic N) is 2. The third-order valence-electron chi connectivity index (χ3n) is 4.84. The maximum absolute atomic E-state index is 12.1. The molecule has 0 unspecified atom stereocenters. The van der Waals surface area contributed by atoms with E-state index in [-0.39, 0.29) is 11.8 Å². The molecule has 0 atom stereocenters. The van der Waals surface area contributed by atoms with Gasteiger partial charge in [0.05, 0.1) is 6.61 Å². The Hall–Kier alpha value is -1.59. The SMILES string of the molecule is CCC(CC)C(=O)Nc1ccc(N2CCN(CCOC)CC2)cc1. The molecular formula is C19H31N3O2. The second kappa shape index (κ2) is 9.64. The molecule has 1 heterocycles. The number of rotatable bonds is 8. The van der Waals surface area contributed by atoms with E-state index in [0.29, 0.717) is 0 Å². The van der Waals surface area contributed by atoms with Gasteiger partial charge in [-0.2, -0.15) is 0 Å². The highest BCUT2D eigenvalue weighted by atomic mass is 16.5. The summed E-state index contributed by atoms with van der Waals surface area (Å²) in [5.41, 5.74) is 2.11. The number of methoxy groups -OCH3 is 1. The van der Waals surface area contributed by atoms with E-state index in [0.717, 1.165) is 57.9 Å². The van der Waals surface area contributed by atoms with Gasteiger partial charge in [-0.25, -0.2) is 0 Å². The summed E-state index contributed by atoms with van der Waals surface area (Å²) in [5.74, 6) is 0.226. The lowest BCUT2D eigenvalue weighted by Crippen LogP contribution is -2.47. The molecule has 5 heteroatoms. The molecule has 0 aliphatic carbocycles. The van der Waals surface area contributed by atoms with E-state index in [2.05, 4.69) is 41.1 Å². The fourth-order valence-corrected chi connectivity index (χ4v) is 3.11. The molecule has 24 heavy (non-hydrogen) atoms. The Kier molecular flexibility index (Phi) is 7.53. The predicted octanol–water partition coefficient (Wildman–Crippen LogP) is 2.83. The zero-order valence-corrected chi connectivity index (χ0v) is 15.3. The Balaban J connectivity index is 1.85. The van der Waals surface area contributed by atoms with Gasteiger partial charge in [0.15, 0.2) is 0 Å². The molecule has 1 saturated heterocycles. The van der Waals surface area contributed by atoms with E-state index in [4.69, 9.17) is 4.74 Å². The Morgan fingerprint density at radius 1 is 1.12 bits per heavy atom. The van der Waals surface area contributed by atoms with Crippen molar-refractivity contribution >= 4 is 17.3 Å². The Labute approximate surface area is 146 Å². The van der Waals surface area contributed by atoms with E-state index in [1.54, 1.807) is 7.11 Å². The number of ether oxygens (including phenoxy) is 1. The molecule has 0 bridgehead atoms. The molecule has 1 aromatic rings. The number of carbonyl (C=O) groups excluding carboxylic acids is 1. The number of hydrogen-bond donors (Lipinski definition) is 1. The molecule has 1 fully saturated rings. The van der Waals surface area contributed by atoms with Crippen LogP contribution in [0.5, 0.6) is 0 Å². The minimum Gasteiger partial charge on any atom is -0.383 e. The summed E-state index contributed by atoms with van der Waals surface area (Å²) in [6.45, 7) is 10.1. The van der Waals surface area contributed by atoms with E-state index >= 15 is 0 Å². The molecule has 1 N–H and O–H groups in total. The van der Waals surface area contributed by atoms with Crippen LogP contribution in [0.25, 0.3) is 0 Å². The summed E-state index contributed by atoms with van der Waals surface area (Å²) in [4.78, 5) is 17.0. The van der Waals surface area contributed by atoms with Crippen LogP contribution < -0.4 is 10.2 Å². The van der Waals surface area contributed by atoms with Crippen LogP contribution in [0.1, 0.15) is 26.7 Å². The number of piperazine rings is 1. The van der Waals surface area contributed by atoms with E-state index in [1.807, 2.05) is 12.1 Å². The molecule has 1 aliphatic heterocycles. The fraction of sp³-hybridized carbons (Fsp3) is 0.632. The van der Waals surface area contributed by atoms with Gasteiger partial charge in [-0.05, 0) is 37.1 Å². The standard InChI is InChI=1S/C19H31N3O2/c1-4-16(5-2)19(23)20-17-6-8-18(9-7-17)22-12-10-21(11-13-22)14-15-24-3/h6-9,16H,4-5,10-15H2,1-3H3,(H,20,23). The van der Waals surface area contributed by atoms with Crippen molar-refractivity contribution in [1.29, 1.82) is 0 Å². The van der Waals surface area contributed by atoms with Gasteiger partial charge >= 0.3 is 0 Å². The van der Waals surface area contributed by atoms with Crippen molar-refractivity contribution < 1.29 is 9.53 Å². The van der Waals surface area contributed by atoms with Crippen LogP contribution in [0.15, 0.2) is 24.3 Å². The average molecular weight is 333 g/mol. The normalized spacial score (nSPS) is 15.8. The first kappa shape index (κ1) is 18.7. The maximum atomic E-state index is 12.1. The number of anilines is 2. The summed E-state index contributed by atoms with van der Waals surface area (Å²) in [7, 11) is 1.75. The molecule has 0 aromatic heterocycles. The molecule has 0 saturated carbocycles. The van der Waals surface area contributed by atoms with Crippen LogP contribution in [0.4, 0.5) is 11.4 Å². The van der Waals surface area contributed by atoms with Crippen molar-refractivity contribution in [3.05, 3.63) is 24.3 Å². The molecule has 2 rings (SSSR count). The van der Waals surface area contributed by atoms with Crippen molar-refractivity contribution in [2.75, 3.05) is 56.7 Å². The van der Waals surface area contributed by atoms with Gasteiger partial charge in [0.25, 0.3) is 0 Å². The lowest BCUT2D eigenvalue weighted by Gasteiger charge is -2.36. The monoisotopic (exact) mass is 333 g/mol. The summed E-state index contributed by atoms with van der Waals surface area (Å²) in [6.07, 6.45) is 1.77. The first-order valence-corrected chi connectivity index (χ1v) is 9.05. The van der Waals surface area contributed by atoms with Crippen LogP contribution in [0.2, 0.25) is 0 Å². The topological polar surface area (TPSA) is 44.8 Å².